The van der Waals surface area contributed by atoms with Crippen LogP contribution < -0.4 is 4.74 Å². The molecule has 1 aromatic heterocycles. The number of piperazine rings is 1. The topological polar surface area (TPSA) is 88.8 Å². The number of nitrogens with zero attached hydrogens (tertiary/aromatic N) is 4. The standard InChI is InChI=1S/C23H28N4O4S/c1-18-5-7-19(8-6-18)23-24-22(31-25-23)4-3-13-26-14-16-27(17-15-26)32(28,29)21-11-9-20(30-2)10-12-21/h5-12H,3-4,13-17H2,1-2H3. The lowest BCUT2D eigenvalue weighted by molar-refractivity contribution is 0.185. The zero-order valence-corrected chi connectivity index (χ0v) is 19.2. The van der Waals surface area contributed by atoms with Crippen molar-refractivity contribution in [2.75, 3.05) is 39.8 Å². The highest BCUT2D eigenvalue weighted by Crippen LogP contribution is 2.21. The summed E-state index contributed by atoms with van der Waals surface area (Å²) in [5.41, 5.74) is 2.13. The van der Waals surface area contributed by atoms with Gasteiger partial charge in [-0.15, -0.1) is 0 Å². The second kappa shape index (κ2) is 9.81. The van der Waals surface area contributed by atoms with Crippen LogP contribution in [0.1, 0.15) is 17.9 Å². The van der Waals surface area contributed by atoms with Gasteiger partial charge in [-0.1, -0.05) is 35.0 Å². The Morgan fingerprint density at radius 1 is 1.00 bits per heavy atom. The van der Waals surface area contributed by atoms with Crippen LogP contribution in [0, 0.1) is 6.92 Å². The molecule has 8 nitrogen and oxygen atoms in total. The van der Waals surface area contributed by atoms with E-state index in [1.807, 2.05) is 31.2 Å². The minimum absolute atomic E-state index is 0.299. The molecule has 0 spiro atoms. The van der Waals surface area contributed by atoms with Gasteiger partial charge in [0.2, 0.25) is 21.7 Å². The van der Waals surface area contributed by atoms with Crippen molar-refractivity contribution < 1.29 is 17.7 Å². The average molecular weight is 457 g/mol. The van der Waals surface area contributed by atoms with Gasteiger partial charge in [-0.2, -0.15) is 9.29 Å². The Morgan fingerprint density at radius 3 is 2.34 bits per heavy atom. The van der Waals surface area contributed by atoms with E-state index in [1.165, 1.54) is 5.56 Å². The first-order chi connectivity index (χ1) is 15.5. The molecule has 0 bridgehead atoms. The predicted molar refractivity (Wildman–Crippen MR) is 121 cm³/mol. The molecule has 9 heteroatoms. The molecule has 4 rings (SSSR count). The number of aromatic nitrogens is 2. The predicted octanol–water partition coefficient (Wildman–Crippen LogP) is 2.99. The Hall–Kier alpha value is -2.75. The van der Waals surface area contributed by atoms with Gasteiger partial charge < -0.3 is 14.2 Å². The van der Waals surface area contributed by atoms with Gasteiger partial charge in [0.15, 0.2) is 0 Å². The van der Waals surface area contributed by atoms with Crippen molar-refractivity contribution in [3.63, 3.8) is 0 Å². The van der Waals surface area contributed by atoms with E-state index in [0.717, 1.165) is 18.5 Å². The number of aryl methyl sites for hydroxylation is 2. The van der Waals surface area contributed by atoms with Gasteiger partial charge in [0, 0.05) is 38.2 Å². The molecule has 0 aliphatic carbocycles. The normalized spacial score (nSPS) is 15.7. The van der Waals surface area contributed by atoms with Crippen LogP contribution in [-0.4, -0.2) is 67.6 Å². The highest BCUT2D eigenvalue weighted by atomic mass is 32.2. The monoisotopic (exact) mass is 456 g/mol. The maximum atomic E-state index is 12.9. The highest BCUT2D eigenvalue weighted by molar-refractivity contribution is 7.89. The maximum Gasteiger partial charge on any atom is 0.243 e. The third kappa shape index (κ3) is 5.17. The first-order valence-corrected chi connectivity index (χ1v) is 12.2. The number of benzene rings is 2. The summed E-state index contributed by atoms with van der Waals surface area (Å²) >= 11 is 0. The molecule has 0 unspecified atom stereocenters. The molecule has 0 radical (unpaired) electrons. The van der Waals surface area contributed by atoms with E-state index >= 15 is 0 Å². The Kier molecular flexibility index (Phi) is 6.88. The highest BCUT2D eigenvalue weighted by Gasteiger charge is 2.28. The molecular formula is C23H28N4O4S. The Labute approximate surface area is 188 Å². The van der Waals surface area contributed by atoms with Gasteiger partial charge in [-0.05, 0) is 44.2 Å². The van der Waals surface area contributed by atoms with Crippen molar-refractivity contribution in [2.45, 2.75) is 24.7 Å². The summed E-state index contributed by atoms with van der Waals surface area (Å²) in [4.78, 5) is 7.06. The maximum absolute atomic E-state index is 12.9. The number of ether oxygens (including phenoxy) is 1. The lowest BCUT2D eigenvalue weighted by Gasteiger charge is -2.33. The fourth-order valence-electron chi connectivity index (χ4n) is 3.72. The molecule has 1 saturated heterocycles. The van der Waals surface area contributed by atoms with Crippen molar-refractivity contribution in [1.82, 2.24) is 19.3 Å². The van der Waals surface area contributed by atoms with Crippen molar-refractivity contribution in [3.05, 3.63) is 60.0 Å². The quantitative estimate of drug-likeness (QED) is 0.515. The van der Waals surface area contributed by atoms with Gasteiger partial charge in [-0.3, -0.25) is 0 Å². The van der Waals surface area contributed by atoms with Crippen LogP contribution in [0.2, 0.25) is 0 Å². The summed E-state index contributed by atoms with van der Waals surface area (Å²) in [5, 5.41) is 4.08. The molecule has 1 aliphatic heterocycles. The van der Waals surface area contributed by atoms with Crippen LogP contribution in [0.4, 0.5) is 0 Å². The number of hydrogen-bond acceptors (Lipinski definition) is 7. The third-order valence-electron chi connectivity index (χ3n) is 5.67. The summed E-state index contributed by atoms with van der Waals surface area (Å²) in [6.07, 6.45) is 1.57. The lowest BCUT2D eigenvalue weighted by atomic mass is 10.1. The zero-order valence-electron chi connectivity index (χ0n) is 18.4. The molecule has 0 N–H and O–H groups in total. The summed E-state index contributed by atoms with van der Waals surface area (Å²) in [6.45, 7) is 5.26. The van der Waals surface area contributed by atoms with Crippen LogP contribution >= 0.6 is 0 Å². The summed E-state index contributed by atoms with van der Waals surface area (Å²) in [7, 11) is -1.92. The molecular weight excluding hydrogens is 428 g/mol. The van der Waals surface area contributed by atoms with Gasteiger partial charge in [0.25, 0.3) is 0 Å². The molecule has 3 aromatic rings. The smallest absolute Gasteiger partial charge is 0.243 e. The van der Waals surface area contributed by atoms with E-state index in [0.29, 0.717) is 55.0 Å². The van der Waals surface area contributed by atoms with Crippen molar-refractivity contribution in [1.29, 1.82) is 0 Å². The second-order valence-electron chi connectivity index (χ2n) is 7.90. The van der Waals surface area contributed by atoms with Crippen molar-refractivity contribution in [3.8, 4) is 17.1 Å². The molecule has 2 heterocycles. The minimum Gasteiger partial charge on any atom is -0.497 e. The van der Waals surface area contributed by atoms with E-state index in [9.17, 15) is 8.42 Å². The fraction of sp³-hybridized carbons (Fsp3) is 0.391. The van der Waals surface area contributed by atoms with Crippen LogP contribution in [0.3, 0.4) is 0 Å². The number of methoxy groups -OCH3 is 1. The summed E-state index contributed by atoms with van der Waals surface area (Å²) in [5.74, 6) is 1.87. The fourth-order valence-corrected chi connectivity index (χ4v) is 5.14. The molecule has 32 heavy (non-hydrogen) atoms. The minimum atomic E-state index is -3.48. The molecule has 0 saturated carbocycles. The third-order valence-corrected chi connectivity index (χ3v) is 7.58. The second-order valence-corrected chi connectivity index (χ2v) is 9.84. The van der Waals surface area contributed by atoms with Gasteiger partial charge in [0.1, 0.15) is 5.75 Å². The summed E-state index contributed by atoms with van der Waals surface area (Å²) < 4.78 is 37.8. The first-order valence-electron chi connectivity index (χ1n) is 10.7. The Bertz CT molecular complexity index is 1120. The number of sulfonamides is 1. The molecule has 170 valence electrons. The van der Waals surface area contributed by atoms with E-state index in [1.54, 1.807) is 35.7 Å². The van der Waals surface area contributed by atoms with Crippen molar-refractivity contribution in [2.24, 2.45) is 0 Å². The van der Waals surface area contributed by atoms with Gasteiger partial charge >= 0.3 is 0 Å². The zero-order chi connectivity index (χ0) is 22.6. The van der Waals surface area contributed by atoms with E-state index in [2.05, 4.69) is 15.0 Å². The lowest BCUT2D eigenvalue weighted by Crippen LogP contribution is -2.48. The van der Waals surface area contributed by atoms with Crippen LogP contribution in [-0.2, 0) is 16.4 Å². The molecule has 0 amide bonds. The molecule has 1 fully saturated rings. The molecule has 2 aromatic carbocycles. The number of hydrogen-bond donors (Lipinski definition) is 0. The SMILES string of the molecule is COc1ccc(S(=O)(=O)N2CCN(CCCc3nc(-c4ccc(C)cc4)no3)CC2)cc1. The Morgan fingerprint density at radius 2 is 1.69 bits per heavy atom. The first kappa shape index (κ1) is 22.4. The average Bonchev–Trinajstić information content (AvgIpc) is 3.29. The largest absolute Gasteiger partial charge is 0.497 e. The van der Waals surface area contributed by atoms with E-state index in [4.69, 9.17) is 9.26 Å². The van der Waals surface area contributed by atoms with E-state index < -0.39 is 10.0 Å². The van der Waals surface area contributed by atoms with Crippen molar-refractivity contribution >= 4 is 10.0 Å². The Balaban J connectivity index is 1.24. The van der Waals surface area contributed by atoms with E-state index in [-0.39, 0.29) is 0 Å². The van der Waals surface area contributed by atoms with Crippen LogP contribution in [0.5, 0.6) is 5.75 Å². The van der Waals surface area contributed by atoms with Crippen LogP contribution in [0.15, 0.2) is 57.9 Å². The van der Waals surface area contributed by atoms with Gasteiger partial charge in [0.05, 0.1) is 12.0 Å². The van der Waals surface area contributed by atoms with Crippen LogP contribution in [0.25, 0.3) is 11.4 Å². The van der Waals surface area contributed by atoms with Gasteiger partial charge in [-0.25, -0.2) is 8.42 Å². The molecule has 0 atom stereocenters. The summed E-state index contributed by atoms with van der Waals surface area (Å²) in [6, 6.07) is 14.6. The number of rotatable bonds is 8. The molecule has 1 aliphatic rings.